The van der Waals surface area contributed by atoms with E-state index in [0.29, 0.717) is 12.6 Å². The summed E-state index contributed by atoms with van der Waals surface area (Å²) in [6.07, 6.45) is 5.55. The van der Waals surface area contributed by atoms with Crippen LogP contribution in [0.15, 0.2) is 18.2 Å². The monoisotopic (exact) mass is 248 g/mol. The Labute approximate surface area is 110 Å². The van der Waals surface area contributed by atoms with Crippen LogP contribution in [0.1, 0.15) is 42.9 Å². The lowest BCUT2D eigenvalue weighted by molar-refractivity contribution is 0.231. The molecule has 100 valence electrons. The number of unbranched alkanes of at least 4 members (excludes halogenated alkanes) is 2. The number of aliphatic hydroxyl groups is 1. The van der Waals surface area contributed by atoms with Crippen molar-refractivity contribution < 1.29 is 5.11 Å². The van der Waals surface area contributed by atoms with Crippen LogP contribution < -0.4 is 5.73 Å². The molecule has 0 amide bonds. The predicted octanol–water partition coefficient (Wildman–Crippen LogP) is 2.35. The quantitative estimate of drug-likeness (QED) is 0.600. The Hall–Kier alpha value is -1.06. The molecule has 0 bridgehead atoms. The molecule has 0 spiro atoms. The molecule has 0 saturated heterocycles. The van der Waals surface area contributed by atoms with Crippen molar-refractivity contribution in [2.24, 2.45) is 0 Å². The van der Waals surface area contributed by atoms with Gasteiger partial charge in [-0.25, -0.2) is 0 Å². The van der Waals surface area contributed by atoms with Crippen molar-refractivity contribution in [3.05, 3.63) is 29.3 Å². The molecule has 3 N–H and O–H groups in total. The summed E-state index contributed by atoms with van der Waals surface area (Å²) in [5.41, 5.74) is 9.58. The Balaban J connectivity index is 1.91. The molecular weight excluding hydrogens is 224 g/mol. The van der Waals surface area contributed by atoms with Gasteiger partial charge in [0.15, 0.2) is 0 Å². The van der Waals surface area contributed by atoms with Gasteiger partial charge in [-0.05, 0) is 69.0 Å². The van der Waals surface area contributed by atoms with Gasteiger partial charge in [-0.2, -0.15) is 0 Å². The largest absolute Gasteiger partial charge is 0.399 e. The molecule has 0 radical (unpaired) electrons. The van der Waals surface area contributed by atoms with E-state index in [2.05, 4.69) is 24.1 Å². The summed E-state index contributed by atoms with van der Waals surface area (Å²) in [5, 5.41) is 8.77. The molecule has 0 fully saturated rings. The van der Waals surface area contributed by atoms with Crippen LogP contribution in [0.3, 0.4) is 0 Å². The fraction of sp³-hybridized carbons (Fsp3) is 0.600. The highest BCUT2D eigenvalue weighted by molar-refractivity contribution is 5.47. The molecule has 0 saturated carbocycles. The summed E-state index contributed by atoms with van der Waals surface area (Å²) in [6.45, 7) is 1.42. The van der Waals surface area contributed by atoms with Gasteiger partial charge in [0, 0.05) is 18.3 Å². The minimum Gasteiger partial charge on any atom is -0.399 e. The summed E-state index contributed by atoms with van der Waals surface area (Å²) >= 11 is 0. The number of aryl methyl sites for hydroxylation is 1. The molecule has 1 aromatic carbocycles. The normalized spacial score (nSPS) is 18.3. The fourth-order valence-electron chi connectivity index (χ4n) is 2.88. The Morgan fingerprint density at radius 1 is 1.33 bits per heavy atom. The van der Waals surface area contributed by atoms with Gasteiger partial charge in [0.1, 0.15) is 0 Å². The van der Waals surface area contributed by atoms with Gasteiger partial charge in [0.05, 0.1) is 0 Å². The van der Waals surface area contributed by atoms with E-state index in [4.69, 9.17) is 10.8 Å². The summed E-state index contributed by atoms with van der Waals surface area (Å²) in [5.74, 6) is 0. The number of aliphatic hydroxyl groups excluding tert-OH is 1. The lowest BCUT2D eigenvalue weighted by Gasteiger charge is -2.25. The van der Waals surface area contributed by atoms with Crippen LogP contribution in [0.2, 0.25) is 0 Å². The van der Waals surface area contributed by atoms with E-state index in [1.807, 2.05) is 6.07 Å². The number of benzene rings is 1. The molecule has 1 atom stereocenters. The molecule has 18 heavy (non-hydrogen) atoms. The first kappa shape index (κ1) is 13.4. The molecule has 1 unspecified atom stereocenters. The smallest absolute Gasteiger partial charge is 0.0431 e. The predicted molar refractivity (Wildman–Crippen MR) is 75.5 cm³/mol. The number of fused-ring (bicyclic) bond motifs is 1. The van der Waals surface area contributed by atoms with Gasteiger partial charge >= 0.3 is 0 Å². The highest BCUT2D eigenvalue weighted by Crippen LogP contribution is 2.35. The molecule has 2 rings (SSSR count). The maximum Gasteiger partial charge on any atom is 0.0431 e. The number of anilines is 1. The molecule has 1 aliphatic carbocycles. The van der Waals surface area contributed by atoms with Crippen molar-refractivity contribution in [3.8, 4) is 0 Å². The van der Waals surface area contributed by atoms with Gasteiger partial charge in [-0.1, -0.05) is 6.07 Å². The van der Waals surface area contributed by atoms with E-state index in [1.54, 1.807) is 0 Å². The lowest BCUT2D eigenvalue weighted by Crippen LogP contribution is -2.24. The molecule has 0 aliphatic heterocycles. The number of nitrogen functional groups attached to an aromatic ring is 1. The van der Waals surface area contributed by atoms with Crippen LogP contribution >= 0.6 is 0 Å². The highest BCUT2D eigenvalue weighted by Gasteiger charge is 2.25. The van der Waals surface area contributed by atoms with Crippen LogP contribution in [0.5, 0.6) is 0 Å². The molecule has 1 aromatic rings. The minimum absolute atomic E-state index is 0.315. The maximum absolute atomic E-state index is 8.77. The zero-order chi connectivity index (χ0) is 13.0. The van der Waals surface area contributed by atoms with E-state index < -0.39 is 0 Å². The zero-order valence-electron chi connectivity index (χ0n) is 11.2. The van der Waals surface area contributed by atoms with Crippen LogP contribution in [-0.4, -0.2) is 30.2 Å². The van der Waals surface area contributed by atoms with Gasteiger partial charge in [0.25, 0.3) is 0 Å². The molecule has 1 aliphatic rings. The Morgan fingerprint density at radius 2 is 2.17 bits per heavy atom. The average Bonchev–Trinajstić information content (AvgIpc) is 2.77. The standard InChI is InChI=1S/C15H24N2O/c1-17(9-3-2-4-10-18)15-8-5-12-11-13(16)6-7-14(12)15/h6-7,11,15,18H,2-5,8-10,16H2,1H3. The van der Waals surface area contributed by atoms with Gasteiger partial charge in [-0.3, -0.25) is 4.90 Å². The number of nitrogens with zero attached hydrogens (tertiary/aromatic N) is 1. The summed E-state index contributed by atoms with van der Waals surface area (Å²) in [7, 11) is 2.20. The van der Waals surface area contributed by atoms with E-state index >= 15 is 0 Å². The Kier molecular flexibility index (Phi) is 4.61. The SMILES string of the molecule is CN(CCCCCO)C1CCc2cc(N)ccc21. The van der Waals surface area contributed by atoms with Crippen molar-refractivity contribution in [1.29, 1.82) is 0 Å². The van der Waals surface area contributed by atoms with Gasteiger partial charge < -0.3 is 10.8 Å². The fourth-order valence-corrected chi connectivity index (χ4v) is 2.88. The van der Waals surface area contributed by atoms with Crippen molar-refractivity contribution in [3.63, 3.8) is 0 Å². The first-order chi connectivity index (χ1) is 8.72. The third-order valence-corrected chi connectivity index (χ3v) is 3.91. The third kappa shape index (κ3) is 3.03. The molecule has 3 nitrogen and oxygen atoms in total. The topological polar surface area (TPSA) is 49.5 Å². The van der Waals surface area contributed by atoms with Crippen molar-refractivity contribution in [2.45, 2.75) is 38.1 Å². The van der Waals surface area contributed by atoms with Crippen molar-refractivity contribution in [2.75, 3.05) is 25.9 Å². The van der Waals surface area contributed by atoms with Crippen LogP contribution in [0.4, 0.5) is 5.69 Å². The lowest BCUT2D eigenvalue weighted by atomic mass is 10.1. The average molecular weight is 248 g/mol. The maximum atomic E-state index is 8.77. The van der Waals surface area contributed by atoms with Crippen LogP contribution in [0.25, 0.3) is 0 Å². The third-order valence-electron chi connectivity index (χ3n) is 3.91. The second-order valence-electron chi connectivity index (χ2n) is 5.28. The van der Waals surface area contributed by atoms with Crippen LogP contribution in [-0.2, 0) is 6.42 Å². The van der Waals surface area contributed by atoms with E-state index in [0.717, 1.165) is 37.9 Å². The molecule has 3 heteroatoms. The summed E-state index contributed by atoms with van der Waals surface area (Å²) < 4.78 is 0. The van der Waals surface area contributed by atoms with E-state index in [-0.39, 0.29) is 0 Å². The van der Waals surface area contributed by atoms with E-state index in [1.165, 1.54) is 17.5 Å². The van der Waals surface area contributed by atoms with Crippen LogP contribution in [0, 0.1) is 0 Å². The number of nitrogens with two attached hydrogens (primary N) is 1. The van der Waals surface area contributed by atoms with Gasteiger partial charge in [-0.15, -0.1) is 0 Å². The first-order valence-corrected chi connectivity index (χ1v) is 6.92. The Morgan fingerprint density at radius 3 is 2.94 bits per heavy atom. The molecular formula is C15H24N2O. The number of hydrogen-bond donors (Lipinski definition) is 2. The zero-order valence-corrected chi connectivity index (χ0v) is 11.2. The number of rotatable bonds is 6. The second-order valence-corrected chi connectivity index (χ2v) is 5.28. The summed E-state index contributed by atoms with van der Waals surface area (Å²) in [4.78, 5) is 2.44. The summed E-state index contributed by atoms with van der Waals surface area (Å²) in [6, 6.07) is 6.87. The van der Waals surface area contributed by atoms with Crippen molar-refractivity contribution in [1.82, 2.24) is 4.90 Å². The van der Waals surface area contributed by atoms with Gasteiger partial charge in [0.2, 0.25) is 0 Å². The molecule has 0 heterocycles. The first-order valence-electron chi connectivity index (χ1n) is 6.92. The Bertz CT molecular complexity index is 392. The van der Waals surface area contributed by atoms with E-state index in [9.17, 15) is 0 Å². The molecule has 0 aromatic heterocycles. The van der Waals surface area contributed by atoms with Crippen molar-refractivity contribution >= 4 is 5.69 Å². The second kappa shape index (κ2) is 6.21. The number of hydrogen-bond acceptors (Lipinski definition) is 3. The minimum atomic E-state index is 0.315. The highest BCUT2D eigenvalue weighted by atomic mass is 16.2.